The smallest absolute Gasteiger partial charge is 0.257 e. The summed E-state index contributed by atoms with van der Waals surface area (Å²) in [5, 5.41) is 7.22. The van der Waals surface area contributed by atoms with Crippen molar-refractivity contribution in [3.63, 3.8) is 0 Å². The van der Waals surface area contributed by atoms with Gasteiger partial charge in [0.25, 0.3) is 11.5 Å². The van der Waals surface area contributed by atoms with Crippen LogP contribution in [0.5, 0.6) is 0 Å². The van der Waals surface area contributed by atoms with Gasteiger partial charge >= 0.3 is 0 Å². The van der Waals surface area contributed by atoms with Crippen LogP contribution in [0.1, 0.15) is 44.3 Å². The molecule has 3 heterocycles. The molecule has 0 aliphatic heterocycles. The maximum atomic E-state index is 12.7. The SMILES string of the molecule is Cc1cc(C)n2nc(C)c(C(=O)NCc3c(C)cc(C)[nH]c3=O)c2n1. The molecular weight excluding hydrogens is 318 g/mol. The molecular formula is C18H21N5O2. The van der Waals surface area contributed by atoms with E-state index in [0.717, 1.165) is 22.6 Å². The summed E-state index contributed by atoms with van der Waals surface area (Å²) in [6, 6.07) is 3.80. The Labute approximate surface area is 145 Å². The van der Waals surface area contributed by atoms with Gasteiger partial charge < -0.3 is 10.3 Å². The van der Waals surface area contributed by atoms with E-state index in [9.17, 15) is 9.59 Å². The number of aryl methyl sites for hydroxylation is 5. The molecule has 0 atom stereocenters. The van der Waals surface area contributed by atoms with Crippen LogP contribution in [-0.4, -0.2) is 25.5 Å². The van der Waals surface area contributed by atoms with Crippen LogP contribution < -0.4 is 10.9 Å². The summed E-state index contributed by atoms with van der Waals surface area (Å²) < 4.78 is 1.67. The summed E-state index contributed by atoms with van der Waals surface area (Å²) in [6.45, 7) is 9.43. The quantitative estimate of drug-likeness (QED) is 0.762. The fourth-order valence-electron chi connectivity index (χ4n) is 3.05. The molecule has 1 amide bonds. The van der Waals surface area contributed by atoms with E-state index in [0.29, 0.717) is 22.5 Å². The number of aromatic amines is 1. The molecule has 3 aromatic heterocycles. The standard InChI is InChI=1S/C18H21N5O2/c1-9-6-10(2)21-17(24)14(9)8-19-18(25)15-13(5)22-23-12(4)7-11(3)20-16(15)23/h6-7H,8H2,1-5H3,(H,19,25)(H,21,24). The van der Waals surface area contributed by atoms with Crippen molar-refractivity contribution in [3.05, 3.63) is 62.0 Å². The van der Waals surface area contributed by atoms with E-state index in [1.807, 2.05) is 39.8 Å². The van der Waals surface area contributed by atoms with E-state index in [1.165, 1.54) is 0 Å². The molecule has 0 radical (unpaired) electrons. The van der Waals surface area contributed by atoms with Crippen LogP contribution in [0.25, 0.3) is 5.65 Å². The van der Waals surface area contributed by atoms with E-state index >= 15 is 0 Å². The Balaban J connectivity index is 1.94. The molecule has 130 valence electrons. The normalized spacial score (nSPS) is 11.1. The molecule has 0 spiro atoms. The first-order valence-electron chi connectivity index (χ1n) is 8.09. The number of amides is 1. The highest BCUT2D eigenvalue weighted by molar-refractivity contribution is 6.01. The summed E-state index contributed by atoms with van der Waals surface area (Å²) in [6.07, 6.45) is 0. The fourth-order valence-corrected chi connectivity index (χ4v) is 3.05. The summed E-state index contributed by atoms with van der Waals surface area (Å²) in [7, 11) is 0. The predicted octanol–water partition coefficient (Wildman–Crippen LogP) is 1.89. The van der Waals surface area contributed by atoms with E-state index in [-0.39, 0.29) is 18.0 Å². The molecule has 3 rings (SSSR count). The second-order valence-corrected chi connectivity index (χ2v) is 6.36. The average Bonchev–Trinajstić information content (AvgIpc) is 2.82. The van der Waals surface area contributed by atoms with Gasteiger partial charge in [0.05, 0.1) is 5.69 Å². The third kappa shape index (κ3) is 3.05. The second kappa shape index (κ2) is 6.16. The fraction of sp³-hybridized carbons (Fsp3) is 0.333. The first kappa shape index (κ1) is 16.9. The summed E-state index contributed by atoms with van der Waals surface area (Å²) in [4.78, 5) is 32.0. The lowest BCUT2D eigenvalue weighted by molar-refractivity contribution is 0.0951. The summed E-state index contributed by atoms with van der Waals surface area (Å²) in [5.41, 5.74) is 5.32. The highest BCUT2D eigenvalue weighted by Crippen LogP contribution is 2.16. The van der Waals surface area contributed by atoms with Crippen molar-refractivity contribution in [1.29, 1.82) is 0 Å². The number of carbonyl (C=O) groups excluding carboxylic acids is 1. The van der Waals surface area contributed by atoms with Crippen LogP contribution in [0.4, 0.5) is 0 Å². The minimum absolute atomic E-state index is 0.155. The van der Waals surface area contributed by atoms with Crippen molar-refractivity contribution in [2.24, 2.45) is 0 Å². The van der Waals surface area contributed by atoms with Gasteiger partial charge in [-0.25, -0.2) is 9.50 Å². The Morgan fingerprint density at radius 3 is 2.60 bits per heavy atom. The number of rotatable bonds is 3. The minimum atomic E-state index is -0.288. The van der Waals surface area contributed by atoms with Crippen LogP contribution in [0, 0.1) is 34.6 Å². The van der Waals surface area contributed by atoms with Gasteiger partial charge in [-0.3, -0.25) is 9.59 Å². The third-order valence-electron chi connectivity index (χ3n) is 4.22. The van der Waals surface area contributed by atoms with Crippen LogP contribution >= 0.6 is 0 Å². The van der Waals surface area contributed by atoms with Gasteiger partial charge in [0, 0.05) is 29.2 Å². The van der Waals surface area contributed by atoms with Crippen molar-refractivity contribution in [2.45, 2.75) is 41.2 Å². The maximum Gasteiger partial charge on any atom is 0.257 e. The number of carbonyl (C=O) groups is 1. The number of H-pyrrole nitrogens is 1. The van der Waals surface area contributed by atoms with Gasteiger partial charge in [0.2, 0.25) is 0 Å². The number of fused-ring (bicyclic) bond motifs is 1. The topological polar surface area (TPSA) is 92.2 Å². The molecule has 0 aromatic carbocycles. The molecule has 3 aromatic rings. The van der Waals surface area contributed by atoms with Crippen LogP contribution in [0.3, 0.4) is 0 Å². The predicted molar refractivity (Wildman–Crippen MR) is 94.9 cm³/mol. The Bertz CT molecular complexity index is 1050. The molecule has 0 fully saturated rings. The van der Waals surface area contributed by atoms with E-state index in [2.05, 4.69) is 20.4 Å². The molecule has 0 saturated heterocycles. The molecule has 25 heavy (non-hydrogen) atoms. The van der Waals surface area contributed by atoms with E-state index < -0.39 is 0 Å². The number of nitrogens with zero attached hydrogens (tertiary/aromatic N) is 3. The van der Waals surface area contributed by atoms with Gasteiger partial charge in [-0.05, 0) is 52.3 Å². The zero-order valence-corrected chi connectivity index (χ0v) is 15.0. The highest BCUT2D eigenvalue weighted by Gasteiger charge is 2.20. The van der Waals surface area contributed by atoms with Gasteiger partial charge in [-0.2, -0.15) is 5.10 Å². The molecule has 0 aliphatic carbocycles. The zero-order valence-electron chi connectivity index (χ0n) is 15.0. The van der Waals surface area contributed by atoms with Crippen molar-refractivity contribution in [3.8, 4) is 0 Å². The summed E-state index contributed by atoms with van der Waals surface area (Å²) in [5.74, 6) is -0.288. The number of aromatic nitrogens is 4. The van der Waals surface area contributed by atoms with Crippen molar-refractivity contribution in [1.82, 2.24) is 24.9 Å². The molecule has 0 unspecified atom stereocenters. The minimum Gasteiger partial charge on any atom is -0.348 e. The van der Waals surface area contributed by atoms with Gasteiger partial charge in [-0.15, -0.1) is 0 Å². The monoisotopic (exact) mass is 339 g/mol. The van der Waals surface area contributed by atoms with Gasteiger partial charge in [0.15, 0.2) is 5.65 Å². The Hall–Kier alpha value is -2.96. The molecule has 0 aliphatic rings. The Morgan fingerprint density at radius 2 is 1.92 bits per heavy atom. The molecule has 7 nitrogen and oxygen atoms in total. The van der Waals surface area contributed by atoms with E-state index in [4.69, 9.17) is 0 Å². The second-order valence-electron chi connectivity index (χ2n) is 6.36. The van der Waals surface area contributed by atoms with Gasteiger partial charge in [-0.1, -0.05) is 0 Å². The van der Waals surface area contributed by atoms with Gasteiger partial charge in [0.1, 0.15) is 5.56 Å². The van der Waals surface area contributed by atoms with Crippen molar-refractivity contribution < 1.29 is 4.79 Å². The molecule has 2 N–H and O–H groups in total. The highest BCUT2D eigenvalue weighted by atomic mass is 16.2. The number of pyridine rings is 1. The van der Waals surface area contributed by atoms with Crippen molar-refractivity contribution in [2.75, 3.05) is 0 Å². The number of hydrogen-bond donors (Lipinski definition) is 2. The number of nitrogens with one attached hydrogen (secondary N) is 2. The van der Waals surface area contributed by atoms with Crippen LogP contribution in [0.15, 0.2) is 16.9 Å². The van der Waals surface area contributed by atoms with Crippen LogP contribution in [0.2, 0.25) is 0 Å². The molecule has 7 heteroatoms. The van der Waals surface area contributed by atoms with E-state index in [1.54, 1.807) is 11.4 Å². The maximum absolute atomic E-state index is 12.7. The lowest BCUT2D eigenvalue weighted by Gasteiger charge is -2.08. The zero-order chi connectivity index (χ0) is 18.3. The average molecular weight is 339 g/mol. The third-order valence-corrected chi connectivity index (χ3v) is 4.22. The first-order chi connectivity index (χ1) is 11.8. The molecule has 0 saturated carbocycles. The van der Waals surface area contributed by atoms with Crippen molar-refractivity contribution >= 4 is 11.6 Å². The lowest BCUT2D eigenvalue weighted by atomic mass is 10.1. The number of hydrogen-bond acceptors (Lipinski definition) is 4. The first-order valence-corrected chi connectivity index (χ1v) is 8.09. The lowest BCUT2D eigenvalue weighted by Crippen LogP contribution is -2.28. The largest absolute Gasteiger partial charge is 0.348 e. The summed E-state index contributed by atoms with van der Waals surface area (Å²) >= 11 is 0. The van der Waals surface area contributed by atoms with Crippen LogP contribution in [-0.2, 0) is 6.54 Å². The Kier molecular flexibility index (Phi) is 4.16. The molecule has 0 bridgehead atoms. The Morgan fingerprint density at radius 1 is 1.20 bits per heavy atom.